The van der Waals surface area contributed by atoms with E-state index >= 15 is 0 Å². The summed E-state index contributed by atoms with van der Waals surface area (Å²) in [7, 11) is 0. The van der Waals surface area contributed by atoms with Crippen LogP contribution < -0.4 is 10.5 Å². The molecule has 2 N–H and O–H groups in total. The number of nitrogens with two attached hydrogens (primary N) is 1. The molecule has 19 heavy (non-hydrogen) atoms. The molecule has 3 rings (SSSR count). The monoisotopic (exact) mass is 255 g/mol. The maximum Gasteiger partial charge on any atom is 0.222 e. The minimum atomic E-state index is 0.375. The summed E-state index contributed by atoms with van der Waals surface area (Å²) in [6.45, 7) is 0. The predicted octanol–water partition coefficient (Wildman–Crippen LogP) is 1.90. The van der Waals surface area contributed by atoms with Crippen LogP contribution in [-0.2, 0) is 0 Å². The Kier molecular flexibility index (Phi) is 2.77. The van der Waals surface area contributed by atoms with Crippen molar-refractivity contribution < 1.29 is 9.26 Å². The molecule has 0 aliphatic carbocycles. The summed E-state index contributed by atoms with van der Waals surface area (Å²) in [6, 6.07) is 8.68. The smallest absolute Gasteiger partial charge is 0.222 e. The molecule has 0 bridgehead atoms. The van der Waals surface area contributed by atoms with E-state index in [1.165, 1.54) is 12.7 Å². The molecule has 0 fully saturated rings. The maximum absolute atomic E-state index is 5.67. The molecular weight excluding hydrogens is 246 g/mol. The lowest BCUT2D eigenvalue weighted by Gasteiger charge is -2.05. The van der Waals surface area contributed by atoms with Gasteiger partial charge in [-0.05, 0) is 12.1 Å². The Morgan fingerprint density at radius 2 is 2.05 bits per heavy atom. The molecule has 2 aromatic heterocycles. The predicted molar refractivity (Wildman–Crippen MR) is 66.3 cm³/mol. The third kappa shape index (κ3) is 2.49. The van der Waals surface area contributed by atoms with Crippen LogP contribution in [0.3, 0.4) is 0 Å². The first-order valence-corrected chi connectivity index (χ1v) is 5.43. The first kappa shape index (κ1) is 11.1. The van der Waals surface area contributed by atoms with Gasteiger partial charge in [0.25, 0.3) is 0 Å². The third-order valence-corrected chi connectivity index (χ3v) is 2.31. The van der Waals surface area contributed by atoms with Crippen molar-refractivity contribution in [3.05, 3.63) is 43.1 Å². The number of ether oxygens (including phenoxy) is 1. The summed E-state index contributed by atoms with van der Waals surface area (Å²) in [4.78, 5) is 12.0. The van der Waals surface area contributed by atoms with Crippen molar-refractivity contribution in [1.29, 1.82) is 0 Å². The molecule has 0 unspecified atom stereocenters. The van der Waals surface area contributed by atoms with Crippen molar-refractivity contribution in [2.45, 2.75) is 0 Å². The Balaban J connectivity index is 1.88. The van der Waals surface area contributed by atoms with E-state index in [-0.39, 0.29) is 0 Å². The van der Waals surface area contributed by atoms with Crippen LogP contribution in [0.25, 0.3) is 11.5 Å². The lowest BCUT2D eigenvalue weighted by molar-refractivity contribution is 0.418. The second kappa shape index (κ2) is 4.73. The molecule has 0 aliphatic rings. The summed E-state index contributed by atoms with van der Waals surface area (Å²) in [5, 5.41) is 3.70. The molecule has 3 aromatic rings. The maximum atomic E-state index is 5.67. The topological polar surface area (TPSA) is 100.0 Å². The van der Waals surface area contributed by atoms with Crippen molar-refractivity contribution >= 4 is 5.69 Å². The SMILES string of the molecule is Nc1cccc(Oc2cc(-c3ncon3)ncn2)c1. The molecular formula is C12H9N5O2. The molecule has 0 saturated carbocycles. The summed E-state index contributed by atoms with van der Waals surface area (Å²) >= 11 is 0. The summed E-state index contributed by atoms with van der Waals surface area (Å²) in [5.41, 5.74) is 6.81. The van der Waals surface area contributed by atoms with Crippen molar-refractivity contribution in [3.63, 3.8) is 0 Å². The zero-order chi connectivity index (χ0) is 13.1. The normalized spacial score (nSPS) is 10.3. The second-order valence-corrected chi connectivity index (χ2v) is 3.67. The molecule has 0 atom stereocenters. The van der Waals surface area contributed by atoms with Crippen molar-refractivity contribution in [2.75, 3.05) is 5.73 Å². The molecule has 2 heterocycles. The highest BCUT2D eigenvalue weighted by molar-refractivity contribution is 5.50. The average Bonchev–Trinajstić information content (AvgIpc) is 2.93. The molecule has 0 amide bonds. The van der Waals surface area contributed by atoms with Crippen molar-refractivity contribution in [1.82, 2.24) is 20.1 Å². The Bertz CT molecular complexity index is 684. The van der Waals surface area contributed by atoms with Gasteiger partial charge in [0.1, 0.15) is 17.8 Å². The first-order valence-electron chi connectivity index (χ1n) is 5.43. The van der Waals surface area contributed by atoms with E-state index in [1.807, 2.05) is 0 Å². The number of hydrogen-bond acceptors (Lipinski definition) is 7. The van der Waals surface area contributed by atoms with Crippen LogP contribution in [0.15, 0.2) is 47.6 Å². The molecule has 7 heteroatoms. The van der Waals surface area contributed by atoms with Gasteiger partial charge in [-0.25, -0.2) is 9.97 Å². The molecule has 0 saturated heterocycles. The minimum absolute atomic E-state index is 0.375. The molecule has 0 spiro atoms. The van der Waals surface area contributed by atoms with Crippen LogP contribution in [0.5, 0.6) is 11.6 Å². The fourth-order valence-electron chi connectivity index (χ4n) is 1.50. The second-order valence-electron chi connectivity index (χ2n) is 3.67. The summed E-state index contributed by atoms with van der Waals surface area (Å²) < 4.78 is 10.2. The molecule has 0 radical (unpaired) electrons. The van der Waals surface area contributed by atoms with Gasteiger partial charge < -0.3 is 15.0 Å². The van der Waals surface area contributed by atoms with E-state index < -0.39 is 0 Å². The van der Waals surface area contributed by atoms with Gasteiger partial charge in [-0.3, -0.25) is 0 Å². The van der Waals surface area contributed by atoms with E-state index in [9.17, 15) is 0 Å². The fourth-order valence-corrected chi connectivity index (χ4v) is 1.50. The van der Waals surface area contributed by atoms with Crippen LogP contribution in [0.2, 0.25) is 0 Å². The van der Waals surface area contributed by atoms with E-state index in [4.69, 9.17) is 10.5 Å². The Hall–Kier alpha value is -2.96. The van der Waals surface area contributed by atoms with Crippen LogP contribution in [0.4, 0.5) is 5.69 Å². The highest BCUT2D eigenvalue weighted by Crippen LogP contribution is 2.23. The molecule has 1 aromatic carbocycles. The van der Waals surface area contributed by atoms with Gasteiger partial charge >= 0.3 is 0 Å². The number of aromatic nitrogens is 4. The number of benzene rings is 1. The van der Waals surface area contributed by atoms with E-state index in [0.29, 0.717) is 28.8 Å². The lowest BCUT2D eigenvalue weighted by atomic mass is 10.3. The number of hydrogen-bond donors (Lipinski definition) is 1. The Morgan fingerprint density at radius 3 is 2.84 bits per heavy atom. The molecule has 94 valence electrons. The average molecular weight is 255 g/mol. The van der Waals surface area contributed by atoms with Gasteiger partial charge in [0, 0.05) is 17.8 Å². The number of rotatable bonds is 3. The van der Waals surface area contributed by atoms with Crippen molar-refractivity contribution in [2.24, 2.45) is 0 Å². The zero-order valence-electron chi connectivity index (χ0n) is 9.72. The highest BCUT2D eigenvalue weighted by Gasteiger charge is 2.07. The zero-order valence-corrected chi connectivity index (χ0v) is 9.72. The van der Waals surface area contributed by atoms with Crippen molar-refractivity contribution in [3.8, 4) is 23.1 Å². The van der Waals surface area contributed by atoms with Gasteiger partial charge in [-0.2, -0.15) is 4.98 Å². The third-order valence-electron chi connectivity index (χ3n) is 2.31. The van der Waals surface area contributed by atoms with Gasteiger partial charge in [0.15, 0.2) is 0 Å². The Labute approximate surface area is 108 Å². The number of anilines is 1. The van der Waals surface area contributed by atoms with Gasteiger partial charge in [0.05, 0.1) is 0 Å². The highest BCUT2D eigenvalue weighted by atomic mass is 16.5. The quantitative estimate of drug-likeness (QED) is 0.713. The van der Waals surface area contributed by atoms with Crippen LogP contribution >= 0.6 is 0 Å². The number of nitrogens with zero attached hydrogens (tertiary/aromatic N) is 4. The van der Waals surface area contributed by atoms with Gasteiger partial charge in [-0.1, -0.05) is 11.2 Å². The van der Waals surface area contributed by atoms with E-state index in [2.05, 4.69) is 24.6 Å². The first-order chi connectivity index (χ1) is 9.31. The standard InChI is InChI=1S/C12H9N5O2/c13-8-2-1-3-9(4-8)19-11-5-10(14-6-15-11)12-16-7-18-17-12/h1-7H,13H2. The van der Waals surface area contributed by atoms with Crippen LogP contribution in [-0.4, -0.2) is 20.1 Å². The lowest BCUT2D eigenvalue weighted by Crippen LogP contribution is -1.93. The van der Waals surface area contributed by atoms with E-state index in [1.54, 1.807) is 30.3 Å². The minimum Gasteiger partial charge on any atom is -0.439 e. The largest absolute Gasteiger partial charge is 0.439 e. The van der Waals surface area contributed by atoms with Gasteiger partial charge in [0.2, 0.25) is 18.1 Å². The summed E-state index contributed by atoms with van der Waals surface area (Å²) in [6.07, 6.45) is 2.60. The molecule has 7 nitrogen and oxygen atoms in total. The Morgan fingerprint density at radius 1 is 1.11 bits per heavy atom. The fraction of sp³-hybridized carbons (Fsp3) is 0. The summed E-state index contributed by atoms with van der Waals surface area (Å²) in [5.74, 6) is 1.35. The van der Waals surface area contributed by atoms with E-state index in [0.717, 1.165) is 0 Å². The van der Waals surface area contributed by atoms with Gasteiger partial charge in [-0.15, -0.1) is 0 Å². The van der Waals surface area contributed by atoms with Crippen LogP contribution in [0, 0.1) is 0 Å². The number of nitrogen functional groups attached to an aromatic ring is 1. The van der Waals surface area contributed by atoms with Crippen LogP contribution in [0.1, 0.15) is 0 Å². The molecule has 0 aliphatic heterocycles.